The Morgan fingerprint density at radius 3 is 2.72 bits per heavy atom. The molecule has 1 aromatic carbocycles. The molecule has 0 saturated carbocycles. The van der Waals surface area contributed by atoms with E-state index < -0.39 is 0 Å². The molecule has 0 saturated heterocycles. The van der Waals surface area contributed by atoms with E-state index >= 15 is 0 Å². The molecular formula is C14H19ClO3. The van der Waals surface area contributed by atoms with Gasteiger partial charge >= 0.3 is 0 Å². The van der Waals surface area contributed by atoms with Gasteiger partial charge < -0.3 is 9.47 Å². The van der Waals surface area contributed by atoms with E-state index in [2.05, 4.69) is 13.8 Å². The van der Waals surface area contributed by atoms with E-state index in [-0.39, 0.29) is 5.78 Å². The summed E-state index contributed by atoms with van der Waals surface area (Å²) in [5, 5.41) is 0.535. The topological polar surface area (TPSA) is 35.5 Å². The molecule has 0 aliphatic rings. The zero-order valence-corrected chi connectivity index (χ0v) is 11.8. The van der Waals surface area contributed by atoms with E-state index in [0.717, 1.165) is 0 Å². The molecule has 18 heavy (non-hydrogen) atoms. The van der Waals surface area contributed by atoms with Crippen LogP contribution in [0.5, 0.6) is 5.75 Å². The number of carbonyl (C=O) groups is 1. The van der Waals surface area contributed by atoms with Gasteiger partial charge in [-0.3, -0.25) is 4.79 Å². The average Bonchev–Trinajstić information content (AvgIpc) is 2.34. The lowest BCUT2D eigenvalue weighted by molar-refractivity contribution is 0.0927. The first kappa shape index (κ1) is 15.0. The fourth-order valence-electron chi connectivity index (χ4n) is 1.43. The number of hydrogen-bond acceptors (Lipinski definition) is 3. The van der Waals surface area contributed by atoms with E-state index in [4.69, 9.17) is 21.1 Å². The summed E-state index contributed by atoms with van der Waals surface area (Å²) in [5.41, 5.74) is 0.528. The number of ether oxygens (including phenoxy) is 2. The molecule has 1 aromatic rings. The van der Waals surface area contributed by atoms with Gasteiger partial charge in [0.25, 0.3) is 0 Å². The molecular weight excluding hydrogens is 252 g/mol. The number of halogens is 1. The number of rotatable bonds is 7. The first-order valence-electron chi connectivity index (χ1n) is 5.99. The van der Waals surface area contributed by atoms with E-state index in [1.165, 1.54) is 0 Å². The van der Waals surface area contributed by atoms with Gasteiger partial charge in [0, 0.05) is 18.6 Å². The van der Waals surface area contributed by atoms with E-state index in [0.29, 0.717) is 41.9 Å². The van der Waals surface area contributed by atoms with Crippen LogP contribution in [0.25, 0.3) is 0 Å². The van der Waals surface area contributed by atoms with Crippen LogP contribution in [0.3, 0.4) is 0 Å². The summed E-state index contributed by atoms with van der Waals surface area (Å²) < 4.78 is 10.5. The van der Waals surface area contributed by atoms with Crippen LogP contribution >= 0.6 is 11.6 Å². The lowest BCUT2D eigenvalue weighted by atomic mass is 10.1. The van der Waals surface area contributed by atoms with Gasteiger partial charge in [0.15, 0.2) is 5.78 Å². The lowest BCUT2D eigenvalue weighted by Crippen LogP contribution is -2.10. The fourth-order valence-corrected chi connectivity index (χ4v) is 1.60. The van der Waals surface area contributed by atoms with Crippen LogP contribution in [-0.2, 0) is 4.74 Å². The van der Waals surface area contributed by atoms with Crippen LogP contribution < -0.4 is 4.74 Å². The van der Waals surface area contributed by atoms with Crippen LogP contribution in [0, 0.1) is 5.92 Å². The number of carbonyl (C=O) groups excluding carboxylic acids is 1. The second-order valence-corrected chi connectivity index (χ2v) is 4.95. The first-order valence-corrected chi connectivity index (χ1v) is 6.37. The smallest absolute Gasteiger partial charge is 0.168 e. The predicted molar refractivity (Wildman–Crippen MR) is 72.6 cm³/mol. The summed E-state index contributed by atoms with van der Waals surface area (Å²) in [7, 11) is 1.57. The molecule has 0 N–H and O–H groups in total. The van der Waals surface area contributed by atoms with Gasteiger partial charge in [-0.1, -0.05) is 25.4 Å². The molecule has 1 rings (SSSR count). The van der Waals surface area contributed by atoms with Crippen LogP contribution in [0.1, 0.15) is 30.6 Å². The van der Waals surface area contributed by atoms with E-state index in [1.807, 2.05) is 0 Å². The highest BCUT2D eigenvalue weighted by Gasteiger charge is 2.13. The summed E-state index contributed by atoms with van der Waals surface area (Å²) in [6.45, 7) is 5.09. The summed E-state index contributed by atoms with van der Waals surface area (Å²) >= 11 is 5.92. The van der Waals surface area contributed by atoms with Crippen molar-refractivity contribution >= 4 is 17.4 Å². The lowest BCUT2D eigenvalue weighted by Gasteiger charge is -2.12. The maximum absolute atomic E-state index is 12.0. The summed E-state index contributed by atoms with van der Waals surface area (Å²) in [6.07, 6.45) is 0.328. The second kappa shape index (κ2) is 7.39. The van der Waals surface area contributed by atoms with Crippen LogP contribution in [0.4, 0.5) is 0 Å². The molecule has 0 unspecified atom stereocenters. The van der Waals surface area contributed by atoms with Gasteiger partial charge in [0.2, 0.25) is 0 Å². The highest BCUT2D eigenvalue weighted by molar-refractivity contribution is 6.31. The SMILES string of the molecule is COCCC(=O)c1cc(Cl)ccc1OCC(C)C. The third kappa shape index (κ3) is 4.67. The van der Waals surface area contributed by atoms with Crippen LogP contribution in [0.15, 0.2) is 18.2 Å². The predicted octanol–water partition coefficient (Wildman–Crippen LogP) is 3.59. The van der Waals surface area contributed by atoms with Crippen molar-refractivity contribution in [1.82, 2.24) is 0 Å². The minimum absolute atomic E-state index is 0.0156. The molecule has 0 amide bonds. The Morgan fingerprint density at radius 2 is 2.11 bits per heavy atom. The van der Waals surface area contributed by atoms with Gasteiger partial charge in [0.05, 0.1) is 18.8 Å². The molecule has 0 spiro atoms. The standard InChI is InChI=1S/C14H19ClO3/c1-10(2)9-18-14-5-4-11(15)8-12(14)13(16)6-7-17-3/h4-5,8,10H,6-7,9H2,1-3H3. The molecule has 0 fully saturated rings. The zero-order chi connectivity index (χ0) is 13.5. The minimum atomic E-state index is -0.0156. The zero-order valence-electron chi connectivity index (χ0n) is 11.0. The average molecular weight is 271 g/mol. The normalized spacial score (nSPS) is 10.7. The van der Waals surface area contributed by atoms with Gasteiger partial charge in [-0.25, -0.2) is 0 Å². The molecule has 0 heterocycles. The number of hydrogen-bond donors (Lipinski definition) is 0. The van der Waals surface area contributed by atoms with Crippen molar-refractivity contribution in [2.75, 3.05) is 20.3 Å². The quantitative estimate of drug-likeness (QED) is 0.710. The molecule has 0 radical (unpaired) electrons. The van der Waals surface area contributed by atoms with Crippen molar-refractivity contribution in [3.8, 4) is 5.75 Å². The Bertz CT molecular complexity index is 402. The number of methoxy groups -OCH3 is 1. The van der Waals surface area contributed by atoms with E-state index in [9.17, 15) is 4.79 Å². The summed E-state index contributed by atoms with van der Waals surface area (Å²) in [5.74, 6) is 0.981. The highest BCUT2D eigenvalue weighted by Crippen LogP contribution is 2.24. The second-order valence-electron chi connectivity index (χ2n) is 4.51. The Kier molecular flexibility index (Phi) is 6.16. The van der Waals surface area contributed by atoms with Crippen molar-refractivity contribution in [2.24, 2.45) is 5.92 Å². The Hall–Kier alpha value is -1.06. The highest BCUT2D eigenvalue weighted by atomic mass is 35.5. The molecule has 3 nitrogen and oxygen atoms in total. The summed E-state index contributed by atoms with van der Waals surface area (Å²) in [4.78, 5) is 12.0. The van der Waals surface area contributed by atoms with E-state index in [1.54, 1.807) is 25.3 Å². The van der Waals surface area contributed by atoms with Crippen molar-refractivity contribution in [2.45, 2.75) is 20.3 Å². The Labute approximate surface area is 113 Å². The number of ketones is 1. The molecule has 0 aromatic heterocycles. The third-order valence-electron chi connectivity index (χ3n) is 2.35. The maximum Gasteiger partial charge on any atom is 0.168 e. The van der Waals surface area contributed by atoms with Gasteiger partial charge in [-0.05, 0) is 24.1 Å². The maximum atomic E-state index is 12.0. The molecule has 0 atom stereocenters. The van der Waals surface area contributed by atoms with Crippen molar-refractivity contribution in [1.29, 1.82) is 0 Å². The molecule has 0 bridgehead atoms. The minimum Gasteiger partial charge on any atom is -0.493 e. The third-order valence-corrected chi connectivity index (χ3v) is 2.58. The van der Waals surface area contributed by atoms with Crippen molar-refractivity contribution in [3.05, 3.63) is 28.8 Å². The molecule has 0 aliphatic heterocycles. The fraction of sp³-hybridized carbons (Fsp3) is 0.500. The first-order chi connectivity index (χ1) is 8.54. The summed E-state index contributed by atoms with van der Waals surface area (Å²) in [6, 6.07) is 5.12. The van der Waals surface area contributed by atoms with Gasteiger partial charge in [-0.2, -0.15) is 0 Å². The number of benzene rings is 1. The monoisotopic (exact) mass is 270 g/mol. The molecule has 4 heteroatoms. The van der Waals surface area contributed by atoms with Crippen molar-refractivity contribution in [3.63, 3.8) is 0 Å². The Balaban J connectivity index is 2.85. The van der Waals surface area contributed by atoms with Crippen molar-refractivity contribution < 1.29 is 14.3 Å². The van der Waals surface area contributed by atoms with Gasteiger partial charge in [0.1, 0.15) is 5.75 Å². The Morgan fingerprint density at radius 1 is 1.39 bits per heavy atom. The number of Topliss-reactive ketones (excluding diaryl/α,β-unsaturated/α-hetero) is 1. The van der Waals surface area contributed by atoms with Crippen LogP contribution in [0.2, 0.25) is 5.02 Å². The molecule has 100 valence electrons. The van der Waals surface area contributed by atoms with Crippen LogP contribution in [-0.4, -0.2) is 26.1 Å². The van der Waals surface area contributed by atoms with Gasteiger partial charge in [-0.15, -0.1) is 0 Å². The molecule has 0 aliphatic carbocycles. The largest absolute Gasteiger partial charge is 0.493 e.